The van der Waals surface area contributed by atoms with Gasteiger partial charge in [-0.15, -0.1) is 0 Å². The second kappa shape index (κ2) is 15.9. The SMILES string of the molecule is CCC(C)C(CN(CC(=O)NC(CCSC)C(=O)O)Cc1cccc2ccccc12)NC(=O)c1ccc([N+](=O)[O-])cc1. The van der Waals surface area contributed by atoms with E-state index >= 15 is 0 Å². The second-order valence-electron chi connectivity index (χ2n) is 10.3. The molecule has 3 rings (SSSR count). The first-order valence-electron chi connectivity index (χ1n) is 13.9. The molecule has 11 heteroatoms. The summed E-state index contributed by atoms with van der Waals surface area (Å²) in [6.45, 7) is 4.69. The molecule has 0 aromatic heterocycles. The van der Waals surface area contributed by atoms with Crippen molar-refractivity contribution in [1.29, 1.82) is 0 Å². The molecule has 0 spiro atoms. The van der Waals surface area contributed by atoms with Crippen LogP contribution < -0.4 is 10.6 Å². The fourth-order valence-corrected chi connectivity index (χ4v) is 5.18. The van der Waals surface area contributed by atoms with E-state index in [0.29, 0.717) is 30.8 Å². The molecule has 0 aliphatic rings. The Morgan fingerprint density at radius 1 is 1.02 bits per heavy atom. The summed E-state index contributed by atoms with van der Waals surface area (Å²) in [4.78, 5) is 50.5. The van der Waals surface area contributed by atoms with Gasteiger partial charge < -0.3 is 15.7 Å². The molecule has 10 nitrogen and oxygen atoms in total. The lowest BCUT2D eigenvalue weighted by Crippen LogP contribution is -2.51. The average molecular weight is 595 g/mol. The van der Waals surface area contributed by atoms with Crippen LogP contribution in [-0.2, 0) is 16.1 Å². The second-order valence-corrected chi connectivity index (χ2v) is 11.3. The van der Waals surface area contributed by atoms with Crippen molar-refractivity contribution in [2.45, 2.75) is 45.3 Å². The molecule has 42 heavy (non-hydrogen) atoms. The minimum Gasteiger partial charge on any atom is -0.480 e. The summed E-state index contributed by atoms with van der Waals surface area (Å²) in [5.74, 6) is -1.22. The molecule has 3 N–H and O–H groups in total. The van der Waals surface area contributed by atoms with Gasteiger partial charge >= 0.3 is 5.97 Å². The van der Waals surface area contributed by atoms with E-state index in [-0.39, 0.29) is 30.1 Å². The molecule has 224 valence electrons. The molecule has 2 amide bonds. The van der Waals surface area contributed by atoms with Crippen LogP contribution in [-0.4, -0.2) is 69.9 Å². The lowest BCUT2D eigenvalue weighted by Gasteiger charge is -2.31. The van der Waals surface area contributed by atoms with Crippen LogP contribution in [0.25, 0.3) is 10.8 Å². The number of hydrogen-bond acceptors (Lipinski definition) is 7. The summed E-state index contributed by atoms with van der Waals surface area (Å²) in [6, 6.07) is 18.0. The standard InChI is InChI=1S/C31H38N4O6S/c1-4-21(2)28(33-30(37)23-12-14-25(15-13-23)35(40)41)19-34(20-29(36)32-27(31(38)39)16-17-42-3)18-24-10-7-9-22-8-5-6-11-26(22)24/h5-15,21,27-28H,4,16-20H2,1-3H3,(H,32,36)(H,33,37)(H,38,39). The maximum atomic E-state index is 13.2. The van der Waals surface area contributed by atoms with E-state index in [1.165, 1.54) is 36.0 Å². The van der Waals surface area contributed by atoms with Gasteiger partial charge in [0.25, 0.3) is 11.6 Å². The van der Waals surface area contributed by atoms with E-state index in [1.54, 1.807) is 0 Å². The predicted molar refractivity (Wildman–Crippen MR) is 166 cm³/mol. The molecule has 0 heterocycles. The van der Waals surface area contributed by atoms with E-state index in [2.05, 4.69) is 10.6 Å². The zero-order valence-electron chi connectivity index (χ0n) is 24.1. The number of hydrogen-bond donors (Lipinski definition) is 3. The fraction of sp³-hybridized carbons (Fsp3) is 0.387. The van der Waals surface area contributed by atoms with Crippen molar-refractivity contribution in [3.8, 4) is 0 Å². The van der Waals surface area contributed by atoms with Gasteiger partial charge in [0.1, 0.15) is 6.04 Å². The van der Waals surface area contributed by atoms with Crippen molar-refractivity contribution in [2.24, 2.45) is 5.92 Å². The number of aliphatic carboxylic acids is 1. The van der Waals surface area contributed by atoms with Crippen LogP contribution in [0.2, 0.25) is 0 Å². The van der Waals surface area contributed by atoms with Gasteiger partial charge in [-0.1, -0.05) is 62.7 Å². The minimum absolute atomic E-state index is 0.0402. The number of nitrogens with one attached hydrogen (secondary N) is 2. The molecule has 0 aliphatic heterocycles. The Hall–Kier alpha value is -3.96. The average Bonchev–Trinajstić information content (AvgIpc) is 2.98. The Labute approximate surface area is 250 Å². The zero-order chi connectivity index (χ0) is 30.6. The summed E-state index contributed by atoms with van der Waals surface area (Å²) >= 11 is 1.51. The van der Waals surface area contributed by atoms with E-state index in [0.717, 1.165) is 22.8 Å². The van der Waals surface area contributed by atoms with Crippen molar-refractivity contribution < 1.29 is 24.4 Å². The Balaban J connectivity index is 1.86. The normalized spacial score (nSPS) is 13.3. The van der Waals surface area contributed by atoms with Crippen molar-refractivity contribution in [3.05, 3.63) is 88.0 Å². The van der Waals surface area contributed by atoms with Gasteiger partial charge in [0, 0.05) is 36.8 Å². The molecule has 0 bridgehead atoms. The maximum Gasteiger partial charge on any atom is 0.326 e. The van der Waals surface area contributed by atoms with Gasteiger partial charge in [0.15, 0.2) is 0 Å². The summed E-state index contributed by atoms with van der Waals surface area (Å²) in [5, 5.41) is 28.5. The monoisotopic (exact) mass is 594 g/mol. The molecule has 0 radical (unpaired) electrons. The lowest BCUT2D eigenvalue weighted by molar-refractivity contribution is -0.384. The van der Waals surface area contributed by atoms with Gasteiger partial charge in [0.2, 0.25) is 5.91 Å². The molecular formula is C31H38N4O6S. The third kappa shape index (κ3) is 9.28. The number of carbonyl (C=O) groups is 3. The number of carboxylic acid groups (broad SMARTS) is 1. The topological polar surface area (TPSA) is 142 Å². The number of rotatable bonds is 16. The van der Waals surface area contributed by atoms with E-state index < -0.39 is 22.8 Å². The molecule has 0 saturated carbocycles. The summed E-state index contributed by atoms with van der Waals surface area (Å²) in [6.07, 6.45) is 2.95. The summed E-state index contributed by atoms with van der Waals surface area (Å²) < 4.78 is 0. The van der Waals surface area contributed by atoms with Crippen LogP contribution in [0, 0.1) is 16.0 Å². The third-order valence-corrected chi connectivity index (χ3v) is 7.97. The fourth-order valence-electron chi connectivity index (χ4n) is 4.71. The molecule has 3 aromatic carbocycles. The van der Waals surface area contributed by atoms with E-state index in [1.807, 2.05) is 67.5 Å². The summed E-state index contributed by atoms with van der Waals surface area (Å²) in [7, 11) is 0. The minimum atomic E-state index is -1.08. The largest absolute Gasteiger partial charge is 0.480 e. The molecule has 3 aromatic rings. The highest BCUT2D eigenvalue weighted by atomic mass is 32.2. The van der Waals surface area contributed by atoms with Crippen LogP contribution in [0.15, 0.2) is 66.7 Å². The van der Waals surface area contributed by atoms with Crippen LogP contribution in [0.4, 0.5) is 5.69 Å². The molecule has 3 atom stereocenters. The van der Waals surface area contributed by atoms with Gasteiger partial charge in [0.05, 0.1) is 11.5 Å². The van der Waals surface area contributed by atoms with Crippen LogP contribution >= 0.6 is 11.8 Å². The van der Waals surface area contributed by atoms with Crippen LogP contribution in [0.5, 0.6) is 0 Å². The first kappa shape index (κ1) is 32.6. The number of nitro groups is 1. The number of amides is 2. The Morgan fingerprint density at radius 3 is 2.36 bits per heavy atom. The number of carboxylic acids is 1. The number of carbonyl (C=O) groups excluding carboxylic acids is 2. The van der Waals surface area contributed by atoms with Crippen molar-refractivity contribution in [1.82, 2.24) is 15.5 Å². The maximum absolute atomic E-state index is 13.2. The number of nitro benzene ring substituents is 1. The smallest absolute Gasteiger partial charge is 0.326 e. The highest BCUT2D eigenvalue weighted by Gasteiger charge is 2.26. The molecular weight excluding hydrogens is 556 g/mol. The Bertz CT molecular complexity index is 1380. The van der Waals surface area contributed by atoms with Gasteiger partial charge in [-0.2, -0.15) is 11.8 Å². The van der Waals surface area contributed by atoms with Crippen molar-refractivity contribution in [3.63, 3.8) is 0 Å². The Kier molecular flexibility index (Phi) is 12.3. The van der Waals surface area contributed by atoms with Gasteiger partial charge in [-0.3, -0.25) is 24.6 Å². The number of thioether (sulfide) groups is 1. The zero-order valence-corrected chi connectivity index (χ0v) is 24.9. The van der Waals surface area contributed by atoms with Crippen molar-refractivity contribution in [2.75, 3.05) is 25.1 Å². The first-order chi connectivity index (χ1) is 20.1. The number of non-ortho nitro benzene ring substituents is 1. The van der Waals surface area contributed by atoms with Gasteiger partial charge in [-0.25, -0.2) is 4.79 Å². The molecule has 0 fully saturated rings. The van der Waals surface area contributed by atoms with Crippen LogP contribution in [0.3, 0.4) is 0 Å². The number of benzene rings is 3. The first-order valence-corrected chi connectivity index (χ1v) is 15.3. The highest BCUT2D eigenvalue weighted by Crippen LogP contribution is 2.21. The van der Waals surface area contributed by atoms with E-state index in [9.17, 15) is 29.6 Å². The highest BCUT2D eigenvalue weighted by molar-refractivity contribution is 7.98. The quantitative estimate of drug-likeness (QED) is 0.160. The molecule has 0 saturated heterocycles. The third-order valence-electron chi connectivity index (χ3n) is 7.33. The van der Waals surface area contributed by atoms with E-state index in [4.69, 9.17) is 0 Å². The lowest BCUT2D eigenvalue weighted by atomic mass is 9.97. The number of nitrogens with zero attached hydrogens (tertiary/aromatic N) is 2. The predicted octanol–water partition coefficient (Wildman–Crippen LogP) is 4.72. The van der Waals surface area contributed by atoms with Crippen LogP contribution in [0.1, 0.15) is 42.6 Å². The summed E-state index contributed by atoms with van der Waals surface area (Å²) in [5.41, 5.74) is 1.20. The molecule has 3 unspecified atom stereocenters. The molecule has 0 aliphatic carbocycles. The number of fused-ring (bicyclic) bond motifs is 1. The van der Waals surface area contributed by atoms with Gasteiger partial charge in [-0.05, 0) is 52.8 Å². The Morgan fingerprint density at radius 2 is 1.71 bits per heavy atom. The van der Waals surface area contributed by atoms with Crippen molar-refractivity contribution >= 4 is 46.0 Å².